The van der Waals surface area contributed by atoms with Gasteiger partial charge in [0.05, 0.1) is 6.54 Å². The molecule has 0 aliphatic carbocycles. The minimum atomic E-state index is 0.374. The Morgan fingerprint density at radius 1 is 1.25 bits per heavy atom. The minimum Gasteiger partial charge on any atom is -0.298 e. The highest BCUT2D eigenvalue weighted by Gasteiger charge is 2.14. The minimum absolute atomic E-state index is 0.374. The molecular formula is C14H17NO. The third kappa shape index (κ3) is 3.31. The molecule has 0 amide bonds. The Hall–Kier alpha value is -1.41. The van der Waals surface area contributed by atoms with Crippen LogP contribution in [0.5, 0.6) is 0 Å². The molecule has 0 aromatic heterocycles. The van der Waals surface area contributed by atoms with E-state index in [9.17, 15) is 4.79 Å². The molecule has 84 valence electrons. The molecule has 1 saturated heterocycles. The molecular weight excluding hydrogens is 198 g/mol. The van der Waals surface area contributed by atoms with Crippen LogP contribution >= 0.6 is 0 Å². The first-order valence-electron chi connectivity index (χ1n) is 5.80. The molecule has 0 N–H and O–H groups in total. The molecule has 1 aliphatic heterocycles. The fourth-order valence-electron chi connectivity index (χ4n) is 1.97. The molecule has 1 heterocycles. The van der Waals surface area contributed by atoms with Crippen molar-refractivity contribution in [2.75, 3.05) is 19.6 Å². The predicted octanol–water partition coefficient (Wildman–Crippen LogP) is 2.36. The first-order valence-corrected chi connectivity index (χ1v) is 5.80. The Morgan fingerprint density at radius 2 is 2.06 bits per heavy atom. The van der Waals surface area contributed by atoms with Gasteiger partial charge in [0.15, 0.2) is 0 Å². The lowest BCUT2D eigenvalue weighted by Gasteiger charge is -2.23. The summed E-state index contributed by atoms with van der Waals surface area (Å²) in [5.41, 5.74) is 1.21. The molecule has 2 nitrogen and oxygen atoms in total. The van der Waals surface area contributed by atoms with Gasteiger partial charge in [-0.25, -0.2) is 0 Å². The lowest BCUT2D eigenvalue weighted by Crippen LogP contribution is -2.35. The summed E-state index contributed by atoms with van der Waals surface area (Å²) in [6, 6.07) is 10.2. The second-order valence-electron chi connectivity index (χ2n) is 4.19. The molecule has 0 unspecified atom stereocenters. The number of hydrogen-bond donors (Lipinski definition) is 0. The van der Waals surface area contributed by atoms with E-state index < -0.39 is 0 Å². The highest BCUT2D eigenvalue weighted by atomic mass is 16.1. The van der Waals surface area contributed by atoms with Crippen LogP contribution in [0.2, 0.25) is 0 Å². The number of carbonyl (C=O) groups is 1. The van der Waals surface area contributed by atoms with Crippen LogP contribution in [0.4, 0.5) is 0 Å². The molecule has 0 atom stereocenters. The zero-order valence-corrected chi connectivity index (χ0v) is 9.43. The third-order valence-corrected chi connectivity index (χ3v) is 2.80. The number of piperidine rings is 1. The van der Waals surface area contributed by atoms with Crippen molar-refractivity contribution in [3.05, 3.63) is 42.0 Å². The van der Waals surface area contributed by atoms with Gasteiger partial charge in [0, 0.05) is 13.0 Å². The van der Waals surface area contributed by atoms with E-state index in [0.29, 0.717) is 12.3 Å². The van der Waals surface area contributed by atoms with Crippen LogP contribution < -0.4 is 0 Å². The lowest BCUT2D eigenvalue weighted by atomic mass is 10.1. The zero-order valence-electron chi connectivity index (χ0n) is 9.43. The second kappa shape index (κ2) is 5.61. The fourth-order valence-corrected chi connectivity index (χ4v) is 1.97. The number of hydrogen-bond acceptors (Lipinski definition) is 2. The van der Waals surface area contributed by atoms with Gasteiger partial charge in [0.2, 0.25) is 0 Å². The number of rotatable bonds is 3. The van der Waals surface area contributed by atoms with E-state index in [1.807, 2.05) is 18.2 Å². The number of likely N-dealkylation sites (tertiary alicyclic amines) is 1. The SMILES string of the molecule is O=C1CCCN(C/C=C/c2ccccc2)C1. The van der Waals surface area contributed by atoms with Crippen molar-refractivity contribution in [1.82, 2.24) is 4.90 Å². The normalized spacial score (nSPS) is 18.1. The number of nitrogens with zero attached hydrogens (tertiary/aromatic N) is 1. The van der Waals surface area contributed by atoms with Crippen molar-refractivity contribution in [2.45, 2.75) is 12.8 Å². The van der Waals surface area contributed by atoms with Gasteiger partial charge in [-0.3, -0.25) is 9.69 Å². The molecule has 0 radical (unpaired) electrons. The van der Waals surface area contributed by atoms with E-state index in [2.05, 4.69) is 29.2 Å². The lowest BCUT2D eigenvalue weighted by molar-refractivity contribution is -0.121. The van der Waals surface area contributed by atoms with E-state index in [1.54, 1.807) is 0 Å². The maximum atomic E-state index is 11.2. The van der Waals surface area contributed by atoms with Crippen LogP contribution in [0, 0.1) is 0 Å². The Balaban J connectivity index is 1.83. The predicted molar refractivity (Wildman–Crippen MR) is 66.2 cm³/mol. The first-order chi connectivity index (χ1) is 7.84. The maximum absolute atomic E-state index is 11.2. The molecule has 0 bridgehead atoms. The number of Topliss-reactive ketones (excluding diaryl/α,β-unsaturated/α-hetero) is 1. The van der Waals surface area contributed by atoms with E-state index in [-0.39, 0.29) is 0 Å². The average molecular weight is 215 g/mol. The molecule has 2 rings (SSSR count). The summed E-state index contributed by atoms with van der Waals surface area (Å²) in [7, 11) is 0. The average Bonchev–Trinajstić information content (AvgIpc) is 2.30. The van der Waals surface area contributed by atoms with Crippen molar-refractivity contribution in [2.24, 2.45) is 0 Å². The molecule has 0 spiro atoms. The summed E-state index contributed by atoms with van der Waals surface area (Å²) in [6.45, 7) is 2.55. The Labute approximate surface area is 96.6 Å². The summed E-state index contributed by atoms with van der Waals surface area (Å²) in [5.74, 6) is 0.374. The topological polar surface area (TPSA) is 20.3 Å². The molecule has 16 heavy (non-hydrogen) atoms. The Kier molecular flexibility index (Phi) is 3.89. The van der Waals surface area contributed by atoms with Crippen LogP contribution in [0.3, 0.4) is 0 Å². The van der Waals surface area contributed by atoms with Crippen molar-refractivity contribution < 1.29 is 4.79 Å². The summed E-state index contributed by atoms with van der Waals surface area (Å²) in [4.78, 5) is 13.4. The first kappa shape index (κ1) is 11.1. The maximum Gasteiger partial charge on any atom is 0.146 e. The summed E-state index contributed by atoms with van der Waals surface area (Å²) in [6.07, 6.45) is 6.02. The fraction of sp³-hybridized carbons (Fsp3) is 0.357. The van der Waals surface area contributed by atoms with Crippen molar-refractivity contribution in [3.8, 4) is 0 Å². The van der Waals surface area contributed by atoms with Crippen molar-refractivity contribution in [1.29, 1.82) is 0 Å². The van der Waals surface area contributed by atoms with E-state index in [4.69, 9.17) is 0 Å². The number of carbonyl (C=O) groups excluding carboxylic acids is 1. The van der Waals surface area contributed by atoms with Gasteiger partial charge >= 0.3 is 0 Å². The molecule has 1 fully saturated rings. The van der Waals surface area contributed by atoms with Gasteiger partial charge in [0.25, 0.3) is 0 Å². The van der Waals surface area contributed by atoms with Gasteiger partial charge in [-0.2, -0.15) is 0 Å². The Bertz CT molecular complexity index is 370. The monoisotopic (exact) mass is 215 g/mol. The molecule has 2 heteroatoms. The molecule has 0 saturated carbocycles. The quantitative estimate of drug-likeness (QED) is 0.771. The standard InChI is InChI=1S/C14H17NO/c16-14-9-5-11-15(12-14)10-4-8-13-6-2-1-3-7-13/h1-4,6-8H,5,9-12H2/b8-4+. The van der Waals surface area contributed by atoms with Crippen LogP contribution in [-0.2, 0) is 4.79 Å². The van der Waals surface area contributed by atoms with E-state index >= 15 is 0 Å². The van der Waals surface area contributed by atoms with E-state index in [1.165, 1.54) is 5.56 Å². The van der Waals surface area contributed by atoms with Crippen LogP contribution in [0.25, 0.3) is 6.08 Å². The Morgan fingerprint density at radius 3 is 2.81 bits per heavy atom. The van der Waals surface area contributed by atoms with Gasteiger partial charge in [-0.05, 0) is 18.5 Å². The van der Waals surface area contributed by atoms with Crippen LogP contribution in [0.1, 0.15) is 18.4 Å². The highest BCUT2D eigenvalue weighted by Crippen LogP contribution is 2.06. The van der Waals surface area contributed by atoms with Crippen LogP contribution in [0.15, 0.2) is 36.4 Å². The van der Waals surface area contributed by atoms with E-state index in [0.717, 1.165) is 25.9 Å². The van der Waals surface area contributed by atoms with Crippen molar-refractivity contribution in [3.63, 3.8) is 0 Å². The largest absolute Gasteiger partial charge is 0.298 e. The second-order valence-corrected chi connectivity index (χ2v) is 4.19. The smallest absolute Gasteiger partial charge is 0.146 e. The zero-order chi connectivity index (χ0) is 11.2. The summed E-state index contributed by atoms with van der Waals surface area (Å²) >= 11 is 0. The number of benzene rings is 1. The van der Waals surface area contributed by atoms with Crippen molar-refractivity contribution >= 4 is 11.9 Å². The van der Waals surface area contributed by atoms with Gasteiger partial charge in [-0.15, -0.1) is 0 Å². The summed E-state index contributed by atoms with van der Waals surface area (Å²) < 4.78 is 0. The molecule has 1 aromatic rings. The van der Waals surface area contributed by atoms with Crippen LogP contribution in [-0.4, -0.2) is 30.3 Å². The summed E-state index contributed by atoms with van der Waals surface area (Å²) in [5, 5.41) is 0. The van der Waals surface area contributed by atoms with Gasteiger partial charge in [0.1, 0.15) is 5.78 Å². The van der Waals surface area contributed by atoms with Gasteiger partial charge < -0.3 is 0 Å². The number of ketones is 1. The third-order valence-electron chi connectivity index (χ3n) is 2.80. The molecule has 1 aromatic carbocycles. The highest BCUT2D eigenvalue weighted by molar-refractivity contribution is 5.81. The molecule has 1 aliphatic rings. The van der Waals surface area contributed by atoms with Gasteiger partial charge in [-0.1, -0.05) is 42.5 Å².